The Morgan fingerprint density at radius 3 is 2.21 bits per heavy atom. The fraction of sp³-hybridized carbons (Fsp3) is 0.368. The Morgan fingerprint density at radius 2 is 1.56 bits per heavy atom. The number of rotatable bonds is 15. The molecule has 1 amide bonds. The van der Waals surface area contributed by atoms with Crippen LogP contribution in [0, 0.1) is 11.8 Å². The molecule has 0 saturated carbocycles. The number of hydrogen-bond acceptors (Lipinski definition) is 9. The van der Waals surface area contributed by atoms with E-state index in [1.807, 2.05) is 78.9 Å². The van der Waals surface area contributed by atoms with E-state index in [1.54, 1.807) is 17.3 Å². The van der Waals surface area contributed by atoms with Gasteiger partial charge in [-0.15, -0.1) is 0 Å². The van der Waals surface area contributed by atoms with E-state index >= 15 is 0 Å². The number of nitrogens with one attached hydrogen (secondary N) is 1. The van der Waals surface area contributed by atoms with E-state index in [9.17, 15) is 14.7 Å². The fourth-order valence-electron chi connectivity index (χ4n) is 5.54. The van der Waals surface area contributed by atoms with E-state index in [-0.39, 0.29) is 18.5 Å². The van der Waals surface area contributed by atoms with Crippen LogP contribution in [-0.2, 0) is 27.3 Å². The van der Waals surface area contributed by atoms with E-state index < -0.39 is 18.4 Å². The van der Waals surface area contributed by atoms with E-state index in [2.05, 4.69) is 29.1 Å². The van der Waals surface area contributed by atoms with Crippen LogP contribution >= 0.6 is 0 Å². The average Bonchev–Trinajstić information content (AvgIpc) is 3.09. The number of aliphatic hydroxyl groups excluding tert-OH is 1. The van der Waals surface area contributed by atoms with Crippen molar-refractivity contribution in [2.75, 3.05) is 26.8 Å². The summed E-state index contributed by atoms with van der Waals surface area (Å²) in [4.78, 5) is 35.6. The summed E-state index contributed by atoms with van der Waals surface area (Å²) in [5.41, 5.74) is 4.50. The van der Waals surface area contributed by atoms with Crippen molar-refractivity contribution >= 4 is 12.1 Å². The topological polar surface area (TPSA) is 123 Å². The lowest BCUT2D eigenvalue weighted by Gasteiger charge is -2.43. The highest BCUT2D eigenvalue weighted by Gasteiger charge is 2.40. The molecule has 2 heterocycles. The van der Waals surface area contributed by atoms with Gasteiger partial charge in [0, 0.05) is 36.6 Å². The molecule has 1 aliphatic heterocycles. The second kappa shape index (κ2) is 16.9. The Labute approximate surface area is 282 Å². The molecule has 10 heteroatoms. The van der Waals surface area contributed by atoms with Gasteiger partial charge in [-0.1, -0.05) is 80.6 Å². The zero-order valence-corrected chi connectivity index (χ0v) is 27.7. The third kappa shape index (κ3) is 9.62. The molecule has 2 atom stereocenters. The number of hydrogen-bond donors (Lipinski definition) is 2. The molecule has 0 spiro atoms. The van der Waals surface area contributed by atoms with Crippen LogP contribution < -0.4 is 10.1 Å². The minimum absolute atomic E-state index is 0.107. The zero-order chi connectivity index (χ0) is 33.9. The number of ether oxygens (including phenoxy) is 3. The highest BCUT2D eigenvalue weighted by atomic mass is 16.5. The average molecular weight is 653 g/mol. The van der Waals surface area contributed by atoms with E-state index in [1.165, 1.54) is 7.11 Å². The van der Waals surface area contributed by atoms with Crippen molar-refractivity contribution in [3.8, 4) is 28.3 Å². The van der Waals surface area contributed by atoms with Gasteiger partial charge < -0.3 is 24.6 Å². The standard InChI is InChI=1S/C38H44N4O6/c1-26(2)8-7-19-47-33-17-15-29(16-18-33)31-21-39-35(40-22-31)30-13-11-27(12-14-30)20-34(36(43)42-23-32(24-42)37(44)46-3)41-38(45)48-25-28-9-5-4-6-10-28/h4-6,9-18,21-22,26,32,34,36,43H,7-8,19-20,23-25H2,1-3H3,(H,41,45)/t34-,36?/m0/s1. The molecule has 2 N–H and O–H groups in total. The van der Waals surface area contributed by atoms with Gasteiger partial charge in [0.1, 0.15) is 18.6 Å². The maximum atomic E-state index is 12.8. The summed E-state index contributed by atoms with van der Waals surface area (Å²) in [6.45, 7) is 5.93. The molecule has 1 aliphatic rings. The summed E-state index contributed by atoms with van der Waals surface area (Å²) in [5, 5.41) is 14.0. The van der Waals surface area contributed by atoms with Gasteiger partial charge in [0.25, 0.3) is 0 Å². The van der Waals surface area contributed by atoms with Crippen LogP contribution in [-0.4, -0.2) is 71.1 Å². The molecule has 1 unspecified atom stereocenters. The predicted octanol–water partition coefficient (Wildman–Crippen LogP) is 5.89. The monoisotopic (exact) mass is 652 g/mol. The van der Waals surface area contributed by atoms with Crippen LogP contribution in [0.25, 0.3) is 22.5 Å². The smallest absolute Gasteiger partial charge is 0.407 e. The molecular weight excluding hydrogens is 608 g/mol. The van der Waals surface area contributed by atoms with Crippen molar-refractivity contribution in [3.63, 3.8) is 0 Å². The lowest BCUT2D eigenvalue weighted by atomic mass is 9.96. The van der Waals surface area contributed by atoms with Crippen LogP contribution in [0.1, 0.15) is 37.8 Å². The number of aliphatic hydroxyl groups is 1. The Kier molecular flexibility index (Phi) is 12.1. The summed E-state index contributed by atoms with van der Waals surface area (Å²) >= 11 is 0. The number of nitrogens with zero attached hydrogens (tertiary/aromatic N) is 3. The fourth-order valence-corrected chi connectivity index (χ4v) is 5.54. The van der Waals surface area contributed by atoms with Gasteiger partial charge in [-0.25, -0.2) is 14.8 Å². The number of benzene rings is 3. The second-order valence-corrected chi connectivity index (χ2v) is 12.5. The molecule has 0 radical (unpaired) electrons. The third-order valence-corrected chi connectivity index (χ3v) is 8.40. The van der Waals surface area contributed by atoms with Crippen molar-refractivity contribution in [2.45, 2.75) is 52.0 Å². The highest BCUT2D eigenvalue weighted by molar-refractivity contribution is 5.74. The lowest BCUT2D eigenvalue weighted by Crippen LogP contribution is -2.61. The van der Waals surface area contributed by atoms with Crippen molar-refractivity contribution in [1.82, 2.24) is 20.2 Å². The minimum Gasteiger partial charge on any atom is -0.494 e. The van der Waals surface area contributed by atoms with Gasteiger partial charge in [-0.05, 0) is 54.0 Å². The Balaban J connectivity index is 1.19. The van der Waals surface area contributed by atoms with Gasteiger partial charge in [-0.3, -0.25) is 9.69 Å². The van der Waals surface area contributed by atoms with E-state index in [0.717, 1.165) is 46.4 Å². The largest absolute Gasteiger partial charge is 0.494 e. The number of likely N-dealkylation sites (tertiary alicyclic amines) is 1. The summed E-state index contributed by atoms with van der Waals surface area (Å²) in [7, 11) is 1.35. The molecule has 5 rings (SSSR count). The Bertz CT molecular complexity index is 1590. The Morgan fingerprint density at radius 1 is 0.896 bits per heavy atom. The number of carbonyl (C=O) groups excluding carboxylic acids is 2. The van der Waals surface area contributed by atoms with Gasteiger partial charge in [0.05, 0.1) is 25.7 Å². The van der Waals surface area contributed by atoms with E-state index in [0.29, 0.717) is 37.9 Å². The van der Waals surface area contributed by atoms with Crippen LogP contribution in [0.3, 0.4) is 0 Å². The molecule has 4 aromatic rings. The van der Waals surface area contributed by atoms with Crippen molar-refractivity contribution in [2.24, 2.45) is 11.8 Å². The molecule has 0 bridgehead atoms. The SMILES string of the molecule is COC(=O)C1CN(C(O)[C@H](Cc2ccc(-c3ncc(-c4ccc(OCCCC(C)C)cc4)cn3)cc2)NC(=O)OCc2ccccc2)C1. The molecule has 1 aromatic heterocycles. The molecule has 1 fully saturated rings. The number of alkyl carbamates (subject to hydrolysis) is 1. The number of amides is 1. The normalized spacial score (nSPS) is 14.5. The Hall–Kier alpha value is -4.80. The molecule has 1 saturated heterocycles. The maximum absolute atomic E-state index is 12.8. The van der Waals surface area contributed by atoms with Crippen molar-refractivity contribution in [1.29, 1.82) is 0 Å². The van der Waals surface area contributed by atoms with Gasteiger partial charge in [0.15, 0.2) is 5.82 Å². The number of carbonyl (C=O) groups is 2. The van der Waals surface area contributed by atoms with Crippen molar-refractivity contribution < 1.29 is 28.9 Å². The quantitative estimate of drug-likeness (QED) is 0.120. The number of esters is 1. The highest BCUT2D eigenvalue weighted by Crippen LogP contribution is 2.25. The first-order valence-corrected chi connectivity index (χ1v) is 16.4. The number of methoxy groups -OCH3 is 1. The summed E-state index contributed by atoms with van der Waals surface area (Å²) < 4.78 is 16.1. The summed E-state index contributed by atoms with van der Waals surface area (Å²) in [5.74, 6) is 1.49. The minimum atomic E-state index is -1.03. The number of aromatic nitrogens is 2. The summed E-state index contributed by atoms with van der Waals surface area (Å²) in [6.07, 6.45) is 4.46. The van der Waals surface area contributed by atoms with Crippen LogP contribution in [0.4, 0.5) is 4.79 Å². The third-order valence-electron chi connectivity index (χ3n) is 8.40. The molecular formula is C38H44N4O6. The van der Waals surface area contributed by atoms with E-state index in [4.69, 9.17) is 14.2 Å². The second-order valence-electron chi connectivity index (χ2n) is 12.5. The molecule has 10 nitrogen and oxygen atoms in total. The first kappa shape index (κ1) is 34.5. The molecule has 48 heavy (non-hydrogen) atoms. The summed E-state index contributed by atoms with van der Waals surface area (Å²) in [6, 6.07) is 24.3. The maximum Gasteiger partial charge on any atom is 0.407 e. The van der Waals surface area contributed by atoms with Crippen LogP contribution in [0.2, 0.25) is 0 Å². The predicted molar refractivity (Wildman–Crippen MR) is 183 cm³/mol. The van der Waals surface area contributed by atoms with Crippen molar-refractivity contribution in [3.05, 3.63) is 102 Å². The lowest BCUT2D eigenvalue weighted by molar-refractivity contribution is -0.159. The van der Waals surface area contributed by atoms with Gasteiger partial charge in [0.2, 0.25) is 0 Å². The first-order chi connectivity index (χ1) is 23.3. The molecule has 252 valence electrons. The van der Waals surface area contributed by atoms with Crippen LogP contribution in [0.5, 0.6) is 5.75 Å². The van der Waals surface area contributed by atoms with Crippen LogP contribution in [0.15, 0.2) is 91.3 Å². The molecule has 0 aliphatic carbocycles. The zero-order valence-electron chi connectivity index (χ0n) is 27.7. The first-order valence-electron chi connectivity index (χ1n) is 16.4. The molecule has 3 aromatic carbocycles. The van der Waals surface area contributed by atoms with Gasteiger partial charge in [-0.2, -0.15) is 0 Å². The van der Waals surface area contributed by atoms with Gasteiger partial charge >= 0.3 is 12.1 Å².